The molecule has 0 saturated heterocycles. The van der Waals surface area contributed by atoms with Crippen molar-refractivity contribution in [1.82, 2.24) is 24.7 Å². The fourth-order valence-electron chi connectivity index (χ4n) is 4.08. The van der Waals surface area contributed by atoms with E-state index in [1.54, 1.807) is 12.5 Å². The standard InChI is InChI=1S/C27H20N6/c1-2-8-19(9-3-1)16-23-21-10-4-5-11-22(21)27(32-31-23)30-20-13-14-25-24(17-20)29-18-33(25)26-12-6-7-15-28-26/h1-15,17-18H,16H2,(H,30,32). The molecule has 0 aliphatic heterocycles. The van der Waals surface area contributed by atoms with Crippen molar-refractivity contribution in [3.05, 3.63) is 115 Å². The van der Waals surface area contributed by atoms with Gasteiger partial charge in [-0.2, -0.15) is 5.10 Å². The Morgan fingerprint density at radius 2 is 1.55 bits per heavy atom. The van der Waals surface area contributed by atoms with E-state index in [0.29, 0.717) is 0 Å². The van der Waals surface area contributed by atoms with E-state index in [1.165, 1.54) is 5.56 Å². The number of nitrogens with zero attached hydrogens (tertiary/aromatic N) is 5. The van der Waals surface area contributed by atoms with E-state index >= 15 is 0 Å². The molecule has 0 aliphatic rings. The van der Waals surface area contributed by atoms with E-state index in [4.69, 9.17) is 0 Å². The second-order valence-corrected chi connectivity index (χ2v) is 7.83. The minimum Gasteiger partial charge on any atom is -0.338 e. The monoisotopic (exact) mass is 428 g/mol. The zero-order chi connectivity index (χ0) is 22.0. The highest BCUT2D eigenvalue weighted by Gasteiger charge is 2.11. The maximum atomic E-state index is 4.57. The minimum absolute atomic E-state index is 0.728. The highest BCUT2D eigenvalue weighted by Crippen LogP contribution is 2.28. The van der Waals surface area contributed by atoms with E-state index in [1.807, 2.05) is 71.3 Å². The van der Waals surface area contributed by atoms with E-state index in [9.17, 15) is 0 Å². The lowest BCUT2D eigenvalue weighted by molar-refractivity contribution is 0.962. The number of imidazole rings is 1. The number of hydrogen-bond acceptors (Lipinski definition) is 5. The van der Waals surface area contributed by atoms with Crippen LogP contribution in [0.3, 0.4) is 0 Å². The Bertz CT molecular complexity index is 1560. The molecule has 0 atom stereocenters. The van der Waals surface area contributed by atoms with E-state index < -0.39 is 0 Å². The molecular formula is C27H20N6. The Labute approximate surface area is 190 Å². The van der Waals surface area contributed by atoms with Crippen molar-refractivity contribution in [2.45, 2.75) is 6.42 Å². The van der Waals surface area contributed by atoms with Crippen molar-refractivity contribution < 1.29 is 0 Å². The molecule has 0 amide bonds. The molecule has 0 spiro atoms. The number of fused-ring (bicyclic) bond motifs is 2. The first-order valence-electron chi connectivity index (χ1n) is 10.8. The van der Waals surface area contributed by atoms with Crippen molar-refractivity contribution >= 4 is 33.3 Å². The van der Waals surface area contributed by atoms with Crippen molar-refractivity contribution in [3.63, 3.8) is 0 Å². The van der Waals surface area contributed by atoms with Crippen molar-refractivity contribution in [1.29, 1.82) is 0 Å². The number of aromatic nitrogens is 5. The number of benzene rings is 3. The van der Waals surface area contributed by atoms with Crippen LogP contribution in [0.2, 0.25) is 0 Å². The molecule has 0 fully saturated rings. The van der Waals surface area contributed by atoms with Crippen LogP contribution in [-0.4, -0.2) is 24.7 Å². The van der Waals surface area contributed by atoms with Crippen LogP contribution in [0.4, 0.5) is 11.5 Å². The third-order valence-corrected chi connectivity index (χ3v) is 5.68. The van der Waals surface area contributed by atoms with Crippen LogP contribution in [-0.2, 0) is 6.42 Å². The predicted molar refractivity (Wildman–Crippen MR) is 131 cm³/mol. The third kappa shape index (κ3) is 3.68. The van der Waals surface area contributed by atoms with Crippen molar-refractivity contribution in [2.75, 3.05) is 5.32 Å². The first-order valence-corrected chi connectivity index (χ1v) is 10.8. The maximum Gasteiger partial charge on any atom is 0.160 e. The summed E-state index contributed by atoms with van der Waals surface area (Å²) >= 11 is 0. The smallest absolute Gasteiger partial charge is 0.160 e. The highest BCUT2D eigenvalue weighted by atomic mass is 15.2. The van der Waals surface area contributed by atoms with Crippen LogP contribution in [0.5, 0.6) is 0 Å². The van der Waals surface area contributed by atoms with Gasteiger partial charge in [0.2, 0.25) is 0 Å². The zero-order valence-corrected chi connectivity index (χ0v) is 17.8. The van der Waals surface area contributed by atoms with E-state index in [0.717, 1.165) is 51.2 Å². The Hall–Kier alpha value is -4.58. The molecule has 6 heteroatoms. The summed E-state index contributed by atoms with van der Waals surface area (Å²) in [4.78, 5) is 8.99. The Morgan fingerprint density at radius 3 is 2.39 bits per heavy atom. The first kappa shape index (κ1) is 19.1. The van der Waals surface area contributed by atoms with Crippen LogP contribution in [0.15, 0.2) is 104 Å². The summed E-state index contributed by atoms with van der Waals surface area (Å²) in [6.45, 7) is 0. The summed E-state index contributed by atoms with van der Waals surface area (Å²) in [6, 6.07) is 30.5. The lowest BCUT2D eigenvalue weighted by atomic mass is 10.0. The van der Waals surface area contributed by atoms with Crippen LogP contribution >= 0.6 is 0 Å². The van der Waals surface area contributed by atoms with Crippen LogP contribution < -0.4 is 5.32 Å². The summed E-state index contributed by atoms with van der Waals surface area (Å²) in [7, 11) is 0. The number of rotatable bonds is 5. The molecule has 3 aromatic heterocycles. The van der Waals surface area contributed by atoms with Gasteiger partial charge in [0.25, 0.3) is 0 Å². The van der Waals surface area contributed by atoms with Gasteiger partial charge in [0.05, 0.1) is 16.7 Å². The van der Waals surface area contributed by atoms with Gasteiger partial charge in [-0.05, 0) is 35.9 Å². The van der Waals surface area contributed by atoms with E-state index in [-0.39, 0.29) is 0 Å². The average molecular weight is 428 g/mol. The van der Waals surface area contributed by atoms with Gasteiger partial charge in [-0.25, -0.2) is 9.97 Å². The molecule has 6 aromatic rings. The van der Waals surface area contributed by atoms with Gasteiger partial charge >= 0.3 is 0 Å². The molecule has 0 bridgehead atoms. The normalized spacial score (nSPS) is 11.2. The van der Waals surface area contributed by atoms with Crippen LogP contribution in [0.1, 0.15) is 11.3 Å². The molecule has 0 unspecified atom stereocenters. The fourth-order valence-corrected chi connectivity index (χ4v) is 4.08. The maximum absolute atomic E-state index is 4.57. The van der Waals surface area contributed by atoms with Gasteiger partial charge in [0.15, 0.2) is 5.82 Å². The number of pyridine rings is 1. The molecule has 3 heterocycles. The molecule has 1 N–H and O–H groups in total. The average Bonchev–Trinajstić information content (AvgIpc) is 3.30. The topological polar surface area (TPSA) is 68.5 Å². The molecule has 33 heavy (non-hydrogen) atoms. The molecule has 3 aromatic carbocycles. The van der Waals surface area contributed by atoms with Gasteiger partial charge in [-0.1, -0.05) is 60.7 Å². The number of nitrogens with one attached hydrogen (secondary N) is 1. The van der Waals surface area contributed by atoms with Crippen molar-refractivity contribution in [2.24, 2.45) is 0 Å². The first-order chi connectivity index (χ1) is 16.3. The van der Waals surface area contributed by atoms with Gasteiger partial charge in [-0.3, -0.25) is 4.57 Å². The molecular weight excluding hydrogens is 408 g/mol. The van der Waals surface area contributed by atoms with Crippen molar-refractivity contribution in [3.8, 4) is 5.82 Å². The van der Waals surface area contributed by atoms with Gasteiger partial charge < -0.3 is 5.32 Å². The predicted octanol–water partition coefficient (Wildman–Crippen LogP) is 5.70. The Balaban J connectivity index is 1.34. The summed E-state index contributed by atoms with van der Waals surface area (Å²) in [5.41, 5.74) is 4.96. The van der Waals surface area contributed by atoms with Crippen LogP contribution in [0.25, 0.3) is 27.6 Å². The molecule has 0 saturated carbocycles. The van der Waals surface area contributed by atoms with Gasteiger partial charge in [-0.15, -0.1) is 5.10 Å². The summed E-state index contributed by atoms with van der Waals surface area (Å²) in [6.07, 6.45) is 4.32. The molecule has 6 nitrogen and oxygen atoms in total. The van der Waals surface area contributed by atoms with E-state index in [2.05, 4.69) is 49.7 Å². The third-order valence-electron chi connectivity index (χ3n) is 5.68. The second-order valence-electron chi connectivity index (χ2n) is 7.83. The lowest BCUT2D eigenvalue weighted by Crippen LogP contribution is -2.02. The molecule has 0 aliphatic carbocycles. The molecule has 158 valence electrons. The minimum atomic E-state index is 0.728. The van der Waals surface area contributed by atoms with Crippen LogP contribution in [0, 0.1) is 0 Å². The zero-order valence-electron chi connectivity index (χ0n) is 17.8. The lowest BCUT2D eigenvalue weighted by Gasteiger charge is -2.11. The van der Waals surface area contributed by atoms with Gasteiger partial charge in [0, 0.05) is 29.1 Å². The summed E-state index contributed by atoms with van der Waals surface area (Å²) in [5, 5.41) is 14.7. The summed E-state index contributed by atoms with van der Waals surface area (Å²) < 4.78 is 1.98. The van der Waals surface area contributed by atoms with Gasteiger partial charge in [0.1, 0.15) is 12.1 Å². The fraction of sp³-hybridized carbons (Fsp3) is 0.0370. The Morgan fingerprint density at radius 1 is 0.727 bits per heavy atom. The number of hydrogen-bond donors (Lipinski definition) is 1. The SMILES string of the molecule is c1ccc(Cc2nnc(Nc3ccc4c(c3)ncn4-c3ccccn3)c3ccccc23)cc1. The number of anilines is 2. The summed E-state index contributed by atoms with van der Waals surface area (Å²) in [5.74, 6) is 1.57. The molecule has 6 rings (SSSR count). The largest absolute Gasteiger partial charge is 0.338 e. The quantitative estimate of drug-likeness (QED) is 0.382. The highest BCUT2D eigenvalue weighted by molar-refractivity contribution is 5.95. The second kappa shape index (κ2) is 8.16. The Kier molecular flexibility index (Phi) is 4.73. The molecule has 0 radical (unpaired) electrons.